The predicted molar refractivity (Wildman–Crippen MR) is 120 cm³/mol. The zero-order valence-electron chi connectivity index (χ0n) is 16.1. The SMILES string of the molecule is N#CCCCCC1=Cc2cc(O)ccc2[C@H]2CC[C@H]3[C@@H](CC[C@@]3(O)/C=C/[125I])[C@H]12. The summed E-state index contributed by atoms with van der Waals surface area (Å²) >= 11 is 2.22. The van der Waals surface area contributed by atoms with Crippen molar-refractivity contribution in [1.82, 2.24) is 0 Å². The molecule has 4 heteroatoms. The highest BCUT2D eigenvalue weighted by Crippen LogP contribution is 2.59. The van der Waals surface area contributed by atoms with Gasteiger partial charge in [0.2, 0.25) is 0 Å². The molecule has 148 valence electrons. The summed E-state index contributed by atoms with van der Waals surface area (Å²) in [5.41, 5.74) is 3.34. The molecule has 0 spiro atoms. The van der Waals surface area contributed by atoms with E-state index in [1.165, 1.54) is 11.1 Å². The first-order valence-electron chi connectivity index (χ1n) is 10.5. The highest BCUT2D eigenvalue weighted by Gasteiger charge is 2.53. The Hall–Kier alpha value is -1.32. The molecule has 0 heterocycles. The van der Waals surface area contributed by atoms with Gasteiger partial charge in [-0.1, -0.05) is 40.3 Å². The van der Waals surface area contributed by atoms with Gasteiger partial charge in [-0.25, -0.2) is 0 Å². The van der Waals surface area contributed by atoms with E-state index >= 15 is 0 Å². The van der Waals surface area contributed by atoms with E-state index < -0.39 is 5.60 Å². The summed E-state index contributed by atoms with van der Waals surface area (Å²) in [7, 11) is 0. The van der Waals surface area contributed by atoms with Gasteiger partial charge >= 0.3 is 0 Å². The molecule has 1 aromatic rings. The smallest absolute Gasteiger partial charge is 0.116 e. The molecule has 3 aliphatic carbocycles. The average molecular weight is 487 g/mol. The minimum absolute atomic E-state index is 0.327. The lowest BCUT2D eigenvalue weighted by Gasteiger charge is -2.47. The molecule has 0 amide bonds. The van der Waals surface area contributed by atoms with Gasteiger partial charge in [-0.15, -0.1) is 0 Å². The maximum atomic E-state index is 11.3. The molecule has 2 saturated carbocycles. The van der Waals surface area contributed by atoms with Crippen molar-refractivity contribution >= 4 is 28.7 Å². The molecular formula is C24H28INO2. The number of aromatic hydroxyl groups is 1. The molecule has 28 heavy (non-hydrogen) atoms. The third-order valence-electron chi connectivity index (χ3n) is 7.32. The number of rotatable bonds is 5. The van der Waals surface area contributed by atoms with Gasteiger partial charge in [0.1, 0.15) is 5.75 Å². The minimum atomic E-state index is -0.655. The first kappa shape index (κ1) is 20.0. The summed E-state index contributed by atoms with van der Waals surface area (Å²) in [6.07, 6.45) is 12.0. The molecule has 0 radical (unpaired) electrons. The van der Waals surface area contributed by atoms with Crippen LogP contribution in [0.5, 0.6) is 5.75 Å². The maximum absolute atomic E-state index is 11.3. The fraction of sp³-hybridized carbons (Fsp3) is 0.542. The molecule has 0 saturated heterocycles. The highest BCUT2D eigenvalue weighted by molar-refractivity contribution is 14.1. The van der Waals surface area contributed by atoms with E-state index in [-0.39, 0.29) is 0 Å². The second-order valence-electron chi connectivity index (χ2n) is 8.70. The van der Waals surface area contributed by atoms with Crippen molar-refractivity contribution in [2.24, 2.45) is 17.8 Å². The van der Waals surface area contributed by atoms with Crippen LogP contribution < -0.4 is 0 Å². The van der Waals surface area contributed by atoms with E-state index in [0.717, 1.165) is 50.5 Å². The number of nitriles is 1. The number of allylic oxidation sites excluding steroid dienone is 1. The summed E-state index contributed by atoms with van der Waals surface area (Å²) in [5.74, 6) is 2.14. The van der Waals surface area contributed by atoms with Crippen molar-refractivity contribution in [2.75, 3.05) is 0 Å². The van der Waals surface area contributed by atoms with Crippen LogP contribution in [0.2, 0.25) is 0 Å². The number of benzene rings is 1. The van der Waals surface area contributed by atoms with E-state index in [4.69, 9.17) is 5.26 Å². The topological polar surface area (TPSA) is 64.2 Å². The van der Waals surface area contributed by atoms with Crippen molar-refractivity contribution in [2.45, 2.75) is 62.9 Å². The number of halogens is 1. The van der Waals surface area contributed by atoms with Gasteiger partial charge in [0.05, 0.1) is 11.7 Å². The number of aliphatic hydroxyl groups is 1. The van der Waals surface area contributed by atoms with Crippen molar-refractivity contribution in [3.05, 3.63) is 45.1 Å². The van der Waals surface area contributed by atoms with Crippen molar-refractivity contribution in [3.8, 4) is 11.8 Å². The Kier molecular flexibility index (Phi) is 5.85. The Morgan fingerprint density at radius 1 is 1.25 bits per heavy atom. The number of phenols is 1. The van der Waals surface area contributed by atoms with Crippen LogP contribution in [0.1, 0.15) is 68.4 Å². The van der Waals surface area contributed by atoms with E-state index in [2.05, 4.69) is 40.8 Å². The van der Waals surface area contributed by atoms with Crippen molar-refractivity contribution in [3.63, 3.8) is 0 Å². The second kappa shape index (κ2) is 8.20. The molecule has 0 bridgehead atoms. The second-order valence-corrected chi connectivity index (χ2v) is 9.42. The van der Waals surface area contributed by atoms with Crippen molar-refractivity contribution in [1.29, 1.82) is 5.26 Å². The third-order valence-corrected chi connectivity index (χ3v) is 7.67. The number of fused-ring (bicyclic) bond motifs is 5. The summed E-state index contributed by atoms with van der Waals surface area (Å²) in [4.78, 5) is 0. The molecule has 2 N–H and O–H groups in total. The zero-order valence-corrected chi connectivity index (χ0v) is 18.3. The minimum Gasteiger partial charge on any atom is -0.508 e. The normalized spacial score (nSPS) is 33.7. The van der Waals surface area contributed by atoms with Gasteiger partial charge in [-0.3, -0.25) is 0 Å². The van der Waals surface area contributed by atoms with Crippen LogP contribution in [0.15, 0.2) is 33.9 Å². The molecule has 3 nitrogen and oxygen atoms in total. The molecule has 5 atom stereocenters. The Morgan fingerprint density at radius 3 is 2.89 bits per heavy atom. The fourth-order valence-electron chi connectivity index (χ4n) is 6.18. The fourth-order valence-corrected chi connectivity index (χ4v) is 6.80. The van der Waals surface area contributed by atoms with Crippen molar-refractivity contribution < 1.29 is 10.2 Å². The van der Waals surface area contributed by atoms with E-state index in [1.54, 1.807) is 0 Å². The number of phenolic OH excluding ortho intramolecular Hbond substituents is 1. The quantitative estimate of drug-likeness (QED) is 0.391. The van der Waals surface area contributed by atoms with Gasteiger partial charge in [-0.2, -0.15) is 5.26 Å². The molecule has 3 aliphatic rings. The van der Waals surface area contributed by atoms with Crippen LogP contribution >= 0.6 is 22.6 Å². The summed E-state index contributed by atoms with van der Waals surface area (Å²) in [6, 6.07) is 8.08. The van der Waals surface area contributed by atoms with E-state index in [0.29, 0.717) is 35.8 Å². The summed E-state index contributed by atoms with van der Waals surface area (Å²) < 4.78 is 1.98. The number of unbranched alkanes of at least 4 members (excludes halogenated alkanes) is 2. The molecular weight excluding hydrogens is 459 g/mol. The van der Waals surface area contributed by atoms with Crippen LogP contribution in [0.3, 0.4) is 0 Å². The van der Waals surface area contributed by atoms with Gasteiger partial charge < -0.3 is 10.2 Å². The monoisotopic (exact) mass is 487 g/mol. The zero-order chi connectivity index (χ0) is 19.7. The van der Waals surface area contributed by atoms with E-state index in [9.17, 15) is 10.2 Å². The Morgan fingerprint density at radius 2 is 2.11 bits per heavy atom. The Bertz CT molecular complexity index is 839. The summed E-state index contributed by atoms with van der Waals surface area (Å²) in [5, 5.41) is 30.1. The van der Waals surface area contributed by atoms with Crippen LogP contribution in [0, 0.1) is 29.1 Å². The largest absolute Gasteiger partial charge is 0.508 e. The highest BCUT2D eigenvalue weighted by atomic mass is 125. The summed E-state index contributed by atoms with van der Waals surface area (Å²) in [6.45, 7) is 0. The van der Waals surface area contributed by atoms with Gasteiger partial charge in [0.15, 0.2) is 0 Å². The Balaban J connectivity index is 1.68. The van der Waals surface area contributed by atoms with Gasteiger partial charge in [0, 0.05) is 6.42 Å². The standard InChI is InChI=1S/C24H28INO2/c25-12-11-24(28)10-9-21-22(24)8-7-20-19-6-5-18(27)15-17(19)14-16(23(20)21)4-2-1-3-13-26/h5-6,11-12,14-15,20-23,27-28H,1-4,7-10H2/b12-11+/t20-,21-,22+,23-,24-/m1/s1/i25-2. The molecule has 0 aliphatic heterocycles. The lowest BCUT2D eigenvalue weighted by atomic mass is 9.58. The van der Waals surface area contributed by atoms with Crippen LogP contribution in [-0.4, -0.2) is 15.8 Å². The predicted octanol–water partition coefficient (Wildman–Crippen LogP) is 6.07. The lowest BCUT2D eigenvalue weighted by molar-refractivity contribution is 0.0102. The number of hydrogen-bond acceptors (Lipinski definition) is 3. The van der Waals surface area contributed by atoms with E-state index in [1.807, 2.05) is 22.3 Å². The third kappa shape index (κ3) is 3.52. The first-order valence-corrected chi connectivity index (χ1v) is 11.7. The first-order chi connectivity index (χ1) is 13.6. The van der Waals surface area contributed by atoms with Gasteiger partial charge in [0.25, 0.3) is 0 Å². The number of nitrogens with zero attached hydrogens (tertiary/aromatic N) is 1. The van der Waals surface area contributed by atoms with Crippen LogP contribution in [-0.2, 0) is 0 Å². The number of hydrogen-bond donors (Lipinski definition) is 2. The molecule has 0 unspecified atom stereocenters. The van der Waals surface area contributed by atoms with Crippen LogP contribution in [0.4, 0.5) is 0 Å². The molecule has 1 aromatic carbocycles. The lowest BCUT2D eigenvalue weighted by Crippen LogP contribution is -2.41. The molecule has 2 fully saturated rings. The Labute approximate surface area is 181 Å². The molecule has 4 rings (SSSR count). The van der Waals surface area contributed by atoms with Gasteiger partial charge in [-0.05, 0) is 102 Å². The maximum Gasteiger partial charge on any atom is 0.116 e. The van der Waals surface area contributed by atoms with Crippen LogP contribution in [0.25, 0.3) is 6.08 Å². The molecule has 0 aromatic heterocycles. The average Bonchev–Trinajstić information content (AvgIpc) is 3.01.